The molecule has 3 heterocycles. The highest BCUT2D eigenvalue weighted by atomic mass is 16.3. The molecule has 0 amide bonds. The molecule has 58 heavy (non-hydrogen) atoms. The number of nitrogens with zero attached hydrogens (tertiary/aromatic N) is 2. The summed E-state index contributed by atoms with van der Waals surface area (Å²) in [6.45, 7) is 0. The molecule has 0 fully saturated rings. The zero-order valence-electron chi connectivity index (χ0n) is 31.1. The topological polar surface area (TPSA) is 55.6 Å². The van der Waals surface area contributed by atoms with Crippen LogP contribution in [0.1, 0.15) is 0 Å². The molecule has 9 aromatic carbocycles. The lowest BCUT2D eigenvalue weighted by molar-refractivity contribution is 0.621. The minimum atomic E-state index is 0.602. The summed E-state index contributed by atoms with van der Waals surface area (Å²) in [7, 11) is 0. The second kappa shape index (κ2) is 12.8. The van der Waals surface area contributed by atoms with Crippen LogP contribution in [0.15, 0.2) is 207 Å². The first-order valence-corrected chi connectivity index (χ1v) is 19.4. The van der Waals surface area contributed by atoms with E-state index in [2.05, 4.69) is 144 Å². The van der Waals surface area contributed by atoms with Crippen LogP contribution in [-0.4, -0.2) is 4.98 Å². The highest BCUT2D eigenvalue weighted by Gasteiger charge is 2.21. The Morgan fingerprint density at radius 3 is 1.84 bits per heavy atom. The molecule has 0 atom stereocenters. The summed E-state index contributed by atoms with van der Waals surface area (Å²) in [4.78, 5) is 7.18. The Labute approximate surface area is 332 Å². The third-order valence-electron chi connectivity index (χ3n) is 11.3. The number of benzene rings is 9. The summed E-state index contributed by atoms with van der Waals surface area (Å²) in [5.74, 6) is 0.602. The van der Waals surface area contributed by atoms with E-state index in [4.69, 9.17) is 18.2 Å². The molecule has 0 N–H and O–H groups in total. The zero-order valence-corrected chi connectivity index (χ0v) is 31.1. The third kappa shape index (κ3) is 5.07. The van der Waals surface area contributed by atoms with Crippen molar-refractivity contribution in [2.75, 3.05) is 4.90 Å². The second-order valence-corrected chi connectivity index (χ2v) is 14.7. The maximum atomic E-state index is 6.75. The van der Waals surface area contributed by atoms with Gasteiger partial charge >= 0.3 is 0 Å². The highest BCUT2D eigenvalue weighted by molar-refractivity contribution is 6.23. The van der Waals surface area contributed by atoms with Gasteiger partial charge in [-0.3, -0.25) is 0 Å². The first-order chi connectivity index (χ1) is 28.7. The van der Waals surface area contributed by atoms with E-state index in [1.54, 1.807) is 0 Å². The van der Waals surface area contributed by atoms with E-state index in [9.17, 15) is 0 Å². The Bertz CT molecular complexity index is 3510. The summed E-state index contributed by atoms with van der Waals surface area (Å²) in [6, 6.07) is 67.4. The van der Waals surface area contributed by atoms with Crippen molar-refractivity contribution in [1.82, 2.24) is 4.98 Å². The van der Waals surface area contributed by atoms with Crippen LogP contribution in [0.5, 0.6) is 0 Å². The van der Waals surface area contributed by atoms with Gasteiger partial charge in [0.15, 0.2) is 5.58 Å². The smallest absolute Gasteiger partial charge is 0.227 e. The molecule has 0 saturated carbocycles. The van der Waals surface area contributed by atoms with Crippen molar-refractivity contribution in [1.29, 1.82) is 0 Å². The lowest BCUT2D eigenvalue weighted by Gasteiger charge is -2.25. The number of hydrogen-bond donors (Lipinski definition) is 0. The molecule has 0 aliphatic carbocycles. The van der Waals surface area contributed by atoms with E-state index in [0.717, 1.165) is 111 Å². The first kappa shape index (κ1) is 32.4. The number of para-hydroxylation sites is 3. The maximum absolute atomic E-state index is 6.75. The van der Waals surface area contributed by atoms with Crippen molar-refractivity contribution in [3.8, 4) is 33.7 Å². The van der Waals surface area contributed by atoms with Gasteiger partial charge in [-0.25, -0.2) is 4.98 Å². The lowest BCUT2D eigenvalue weighted by atomic mass is 9.93. The van der Waals surface area contributed by atoms with Gasteiger partial charge in [-0.1, -0.05) is 115 Å². The standard InChI is InChI=1S/C53H32N2O3/c1-3-13-34(14-4-1)53-54-46-22-11-21-42(52(46)58-53)40-20-12-24-49-50(40)45-32-43(38-17-7-8-19-41(38)51(45)57-49)33-25-27-36(28-26-33)55(35-15-5-2-6-16-35)37-29-30-48-44(31-37)39-18-9-10-23-47(39)56-48/h1-32H. The van der Waals surface area contributed by atoms with E-state index in [1.165, 1.54) is 0 Å². The number of furan rings is 2. The molecule has 0 unspecified atom stereocenters. The molecule has 5 heteroatoms. The number of oxazole rings is 1. The largest absolute Gasteiger partial charge is 0.456 e. The predicted molar refractivity (Wildman–Crippen MR) is 237 cm³/mol. The minimum Gasteiger partial charge on any atom is -0.456 e. The Hall–Kier alpha value is -7.89. The van der Waals surface area contributed by atoms with E-state index in [-0.39, 0.29) is 0 Å². The number of rotatable bonds is 6. The molecular formula is C53H32N2O3. The summed E-state index contributed by atoms with van der Waals surface area (Å²) in [6.07, 6.45) is 0. The molecule has 0 radical (unpaired) electrons. The SMILES string of the molecule is c1ccc(-c2nc3cccc(-c4cccc5oc6c7ccccc7c(-c7ccc(N(c8ccccc8)c8ccc9oc%10ccccc%10c9c8)cc7)cc6c45)c3o2)cc1. The zero-order chi connectivity index (χ0) is 38.2. The maximum Gasteiger partial charge on any atom is 0.227 e. The van der Waals surface area contributed by atoms with Crippen molar-refractivity contribution >= 4 is 82.8 Å². The molecule has 0 spiro atoms. The quantitative estimate of drug-likeness (QED) is 0.170. The van der Waals surface area contributed by atoms with Crippen molar-refractivity contribution in [2.45, 2.75) is 0 Å². The van der Waals surface area contributed by atoms with E-state index in [0.29, 0.717) is 5.89 Å². The Morgan fingerprint density at radius 1 is 0.345 bits per heavy atom. The Kier molecular flexibility index (Phi) is 7.16. The van der Waals surface area contributed by atoms with E-state index < -0.39 is 0 Å². The van der Waals surface area contributed by atoms with Crippen LogP contribution >= 0.6 is 0 Å². The van der Waals surface area contributed by atoms with E-state index >= 15 is 0 Å². The summed E-state index contributed by atoms with van der Waals surface area (Å²) < 4.78 is 19.5. The average Bonchev–Trinajstić information content (AvgIpc) is 4.01. The van der Waals surface area contributed by atoms with Gasteiger partial charge in [-0.2, -0.15) is 0 Å². The van der Waals surface area contributed by atoms with Gasteiger partial charge in [-0.15, -0.1) is 0 Å². The minimum absolute atomic E-state index is 0.602. The lowest BCUT2D eigenvalue weighted by Crippen LogP contribution is -2.09. The van der Waals surface area contributed by atoms with Crippen molar-refractivity contribution in [3.05, 3.63) is 194 Å². The molecule has 272 valence electrons. The van der Waals surface area contributed by atoms with Crippen molar-refractivity contribution in [2.24, 2.45) is 0 Å². The number of aromatic nitrogens is 1. The Morgan fingerprint density at radius 2 is 1.00 bits per heavy atom. The highest BCUT2D eigenvalue weighted by Crippen LogP contribution is 2.45. The number of fused-ring (bicyclic) bond motifs is 9. The van der Waals surface area contributed by atoms with Gasteiger partial charge in [0.1, 0.15) is 27.8 Å². The number of anilines is 3. The van der Waals surface area contributed by atoms with E-state index in [1.807, 2.05) is 54.6 Å². The summed E-state index contributed by atoms with van der Waals surface area (Å²) >= 11 is 0. The molecule has 0 aliphatic rings. The monoisotopic (exact) mass is 744 g/mol. The van der Waals surface area contributed by atoms with Gasteiger partial charge in [0.25, 0.3) is 0 Å². The molecule has 0 bridgehead atoms. The number of hydrogen-bond acceptors (Lipinski definition) is 5. The van der Waals surface area contributed by atoms with Crippen LogP contribution in [-0.2, 0) is 0 Å². The summed E-state index contributed by atoms with van der Waals surface area (Å²) in [5.41, 5.74) is 13.4. The van der Waals surface area contributed by atoms with Crippen LogP contribution in [0.25, 0.3) is 99.5 Å². The second-order valence-electron chi connectivity index (χ2n) is 14.7. The van der Waals surface area contributed by atoms with Crippen molar-refractivity contribution < 1.29 is 13.3 Å². The van der Waals surface area contributed by atoms with Gasteiger partial charge in [0.05, 0.1) is 0 Å². The van der Waals surface area contributed by atoms with Crippen LogP contribution in [0, 0.1) is 0 Å². The summed E-state index contributed by atoms with van der Waals surface area (Å²) in [5, 5.41) is 6.49. The third-order valence-corrected chi connectivity index (χ3v) is 11.3. The normalized spacial score (nSPS) is 11.8. The van der Waals surface area contributed by atoms with Gasteiger partial charge < -0.3 is 18.2 Å². The van der Waals surface area contributed by atoms with Crippen LogP contribution in [0.2, 0.25) is 0 Å². The van der Waals surface area contributed by atoms with Gasteiger partial charge in [0, 0.05) is 55.1 Å². The fraction of sp³-hybridized carbons (Fsp3) is 0. The van der Waals surface area contributed by atoms with Crippen molar-refractivity contribution in [3.63, 3.8) is 0 Å². The fourth-order valence-corrected chi connectivity index (χ4v) is 8.64. The average molecular weight is 745 g/mol. The molecule has 3 aromatic heterocycles. The molecule has 0 aliphatic heterocycles. The fourth-order valence-electron chi connectivity index (χ4n) is 8.64. The molecule has 0 saturated heterocycles. The molecule has 5 nitrogen and oxygen atoms in total. The molecule has 12 rings (SSSR count). The molecular weight excluding hydrogens is 713 g/mol. The van der Waals surface area contributed by atoms with Crippen LogP contribution in [0.4, 0.5) is 17.1 Å². The van der Waals surface area contributed by atoms with Crippen LogP contribution in [0.3, 0.4) is 0 Å². The van der Waals surface area contributed by atoms with Crippen LogP contribution < -0.4 is 4.90 Å². The van der Waals surface area contributed by atoms with Gasteiger partial charge in [-0.05, 0) is 101 Å². The van der Waals surface area contributed by atoms with Gasteiger partial charge in [0.2, 0.25) is 5.89 Å². The first-order valence-electron chi connectivity index (χ1n) is 19.4. The predicted octanol–water partition coefficient (Wildman–Crippen LogP) is 15.3. The Balaban J connectivity index is 1.02. The molecule has 12 aromatic rings.